The van der Waals surface area contributed by atoms with E-state index in [1.54, 1.807) is 0 Å². The van der Waals surface area contributed by atoms with Gasteiger partial charge in [-0.25, -0.2) is 0 Å². The van der Waals surface area contributed by atoms with Crippen LogP contribution in [0, 0.1) is 6.92 Å². The Bertz CT molecular complexity index is 495. The Kier molecular flexibility index (Phi) is 2.77. The highest BCUT2D eigenvalue weighted by molar-refractivity contribution is 7.10. The van der Waals surface area contributed by atoms with Crippen molar-refractivity contribution in [3.05, 3.63) is 57.8 Å². The first-order chi connectivity index (χ1) is 8.33. The molecule has 1 aliphatic heterocycles. The van der Waals surface area contributed by atoms with Crippen LogP contribution in [-0.4, -0.2) is 6.61 Å². The van der Waals surface area contributed by atoms with E-state index >= 15 is 0 Å². The molecule has 2 aromatic rings. The predicted octanol–water partition coefficient (Wildman–Crippen LogP) is 4.11. The molecule has 0 amide bonds. The quantitative estimate of drug-likeness (QED) is 0.772. The lowest BCUT2D eigenvalue weighted by Gasteiger charge is -2.29. The first-order valence-electron chi connectivity index (χ1n) is 6.07. The molecular weight excluding hydrogens is 228 g/mol. The fourth-order valence-corrected chi connectivity index (χ4v) is 3.80. The van der Waals surface area contributed by atoms with E-state index in [-0.39, 0.29) is 5.60 Å². The maximum absolute atomic E-state index is 6.16. The van der Waals surface area contributed by atoms with Gasteiger partial charge in [-0.3, -0.25) is 0 Å². The van der Waals surface area contributed by atoms with Gasteiger partial charge < -0.3 is 4.74 Å². The first kappa shape index (κ1) is 11.0. The Morgan fingerprint density at radius 3 is 2.59 bits per heavy atom. The zero-order valence-electron chi connectivity index (χ0n) is 9.98. The van der Waals surface area contributed by atoms with Gasteiger partial charge in [0.25, 0.3) is 0 Å². The molecule has 0 N–H and O–H groups in total. The molecule has 1 aliphatic rings. The van der Waals surface area contributed by atoms with Crippen LogP contribution >= 0.6 is 11.3 Å². The number of ether oxygens (including phenoxy) is 1. The largest absolute Gasteiger partial charge is 0.365 e. The highest BCUT2D eigenvalue weighted by atomic mass is 32.1. The molecule has 1 aromatic heterocycles. The van der Waals surface area contributed by atoms with E-state index in [2.05, 4.69) is 48.7 Å². The number of hydrogen-bond acceptors (Lipinski definition) is 2. The van der Waals surface area contributed by atoms with Crippen LogP contribution in [0.5, 0.6) is 0 Å². The van der Waals surface area contributed by atoms with Crippen LogP contribution in [0.15, 0.2) is 41.8 Å². The summed E-state index contributed by atoms with van der Waals surface area (Å²) in [6.07, 6.45) is 2.24. The molecule has 0 aliphatic carbocycles. The predicted molar refractivity (Wildman–Crippen MR) is 71.5 cm³/mol. The second kappa shape index (κ2) is 4.28. The molecule has 0 spiro atoms. The number of thiophene rings is 1. The Hall–Kier alpha value is -1.12. The molecule has 1 unspecified atom stereocenters. The SMILES string of the molecule is Cc1ccsc1C1(c2ccccc2)CCCO1. The summed E-state index contributed by atoms with van der Waals surface area (Å²) in [5.74, 6) is 0. The van der Waals surface area contributed by atoms with Gasteiger partial charge in [-0.15, -0.1) is 11.3 Å². The van der Waals surface area contributed by atoms with Crippen molar-refractivity contribution in [1.29, 1.82) is 0 Å². The number of benzene rings is 1. The molecule has 1 atom stereocenters. The minimum Gasteiger partial charge on any atom is -0.365 e. The highest BCUT2D eigenvalue weighted by Gasteiger charge is 2.40. The number of hydrogen-bond donors (Lipinski definition) is 0. The third-order valence-electron chi connectivity index (χ3n) is 3.49. The third-order valence-corrected chi connectivity index (χ3v) is 4.65. The second-order valence-corrected chi connectivity index (χ2v) is 5.49. The van der Waals surface area contributed by atoms with Gasteiger partial charge in [-0.1, -0.05) is 30.3 Å². The van der Waals surface area contributed by atoms with Gasteiger partial charge in [0.2, 0.25) is 0 Å². The van der Waals surface area contributed by atoms with Crippen molar-refractivity contribution in [3.8, 4) is 0 Å². The van der Waals surface area contributed by atoms with E-state index < -0.39 is 0 Å². The number of aryl methyl sites for hydroxylation is 1. The average Bonchev–Trinajstić information content (AvgIpc) is 2.99. The maximum Gasteiger partial charge on any atom is 0.127 e. The van der Waals surface area contributed by atoms with E-state index in [9.17, 15) is 0 Å². The van der Waals surface area contributed by atoms with Crippen molar-refractivity contribution >= 4 is 11.3 Å². The van der Waals surface area contributed by atoms with Crippen molar-refractivity contribution in [2.45, 2.75) is 25.4 Å². The highest BCUT2D eigenvalue weighted by Crippen LogP contribution is 2.45. The molecule has 0 bridgehead atoms. The van der Waals surface area contributed by atoms with Gasteiger partial charge in [0, 0.05) is 11.5 Å². The lowest BCUT2D eigenvalue weighted by atomic mass is 9.88. The van der Waals surface area contributed by atoms with Crippen LogP contribution < -0.4 is 0 Å². The van der Waals surface area contributed by atoms with Crippen molar-refractivity contribution in [1.82, 2.24) is 0 Å². The zero-order chi connectivity index (χ0) is 11.7. The van der Waals surface area contributed by atoms with Crippen molar-refractivity contribution < 1.29 is 4.74 Å². The third kappa shape index (κ3) is 1.72. The molecule has 1 fully saturated rings. The standard InChI is InChI=1S/C15H16OS/c1-12-8-11-17-14(12)15(9-5-10-16-15)13-6-3-2-4-7-13/h2-4,6-8,11H,5,9-10H2,1H3. The van der Waals surface area contributed by atoms with E-state index in [1.807, 2.05) is 11.3 Å². The molecule has 2 heteroatoms. The fraction of sp³-hybridized carbons (Fsp3) is 0.333. The molecular formula is C15H16OS. The summed E-state index contributed by atoms with van der Waals surface area (Å²) in [7, 11) is 0. The fourth-order valence-electron chi connectivity index (χ4n) is 2.67. The Balaban J connectivity index is 2.14. The Morgan fingerprint density at radius 2 is 2.00 bits per heavy atom. The lowest BCUT2D eigenvalue weighted by molar-refractivity contribution is 0.0385. The van der Waals surface area contributed by atoms with Crippen LogP contribution in [0.2, 0.25) is 0 Å². The second-order valence-electron chi connectivity index (χ2n) is 4.58. The first-order valence-corrected chi connectivity index (χ1v) is 6.95. The topological polar surface area (TPSA) is 9.23 Å². The van der Waals surface area contributed by atoms with E-state index in [0.29, 0.717) is 0 Å². The summed E-state index contributed by atoms with van der Waals surface area (Å²) < 4.78 is 6.16. The monoisotopic (exact) mass is 244 g/mol. The van der Waals surface area contributed by atoms with Gasteiger partial charge in [-0.2, -0.15) is 0 Å². The van der Waals surface area contributed by atoms with Crippen LogP contribution in [0.1, 0.15) is 28.8 Å². The Morgan fingerprint density at radius 1 is 1.18 bits per heavy atom. The van der Waals surface area contributed by atoms with Crippen LogP contribution in [-0.2, 0) is 10.3 Å². The Labute approximate surface area is 106 Å². The van der Waals surface area contributed by atoms with Crippen LogP contribution in [0.4, 0.5) is 0 Å². The van der Waals surface area contributed by atoms with Crippen LogP contribution in [0.3, 0.4) is 0 Å². The lowest BCUT2D eigenvalue weighted by Crippen LogP contribution is -2.25. The van der Waals surface area contributed by atoms with Crippen molar-refractivity contribution in [2.75, 3.05) is 6.61 Å². The van der Waals surface area contributed by atoms with Crippen molar-refractivity contribution in [2.24, 2.45) is 0 Å². The smallest absolute Gasteiger partial charge is 0.127 e. The molecule has 2 heterocycles. The average molecular weight is 244 g/mol. The molecule has 0 radical (unpaired) electrons. The summed E-state index contributed by atoms with van der Waals surface area (Å²) in [6.45, 7) is 3.05. The van der Waals surface area contributed by atoms with Gasteiger partial charge in [0.05, 0.1) is 0 Å². The van der Waals surface area contributed by atoms with Gasteiger partial charge in [0.1, 0.15) is 5.60 Å². The molecule has 3 rings (SSSR count). The molecule has 88 valence electrons. The number of rotatable bonds is 2. The van der Waals surface area contributed by atoms with E-state index in [4.69, 9.17) is 4.74 Å². The summed E-state index contributed by atoms with van der Waals surface area (Å²) >= 11 is 1.82. The summed E-state index contributed by atoms with van der Waals surface area (Å²) in [5.41, 5.74) is 2.46. The molecule has 1 saturated heterocycles. The van der Waals surface area contributed by atoms with E-state index in [0.717, 1.165) is 19.4 Å². The van der Waals surface area contributed by atoms with Crippen LogP contribution in [0.25, 0.3) is 0 Å². The maximum atomic E-state index is 6.16. The normalized spacial score (nSPS) is 24.1. The minimum absolute atomic E-state index is 0.181. The minimum atomic E-state index is -0.181. The summed E-state index contributed by atoms with van der Waals surface area (Å²) in [4.78, 5) is 1.38. The summed E-state index contributed by atoms with van der Waals surface area (Å²) in [6, 6.07) is 12.8. The molecule has 1 nitrogen and oxygen atoms in total. The van der Waals surface area contributed by atoms with Crippen molar-refractivity contribution in [3.63, 3.8) is 0 Å². The van der Waals surface area contributed by atoms with Gasteiger partial charge in [0.15, 0.2) is 0 Å². The summed E-state index contributed by atoms with van der Waals surface area (Å²) in [5, 5.41) is 2.16. The van der Waals surface area contributed by atoms with Gasteiger partial charge in [-0.05, 0) is 42.3 Å². The van der Waals surface area contributed by atoms with Gasteiger partial charge >= 0.3 is 0 Å². The molecule has 1 aromatic carbocycles. The molecule has 17 heavy (non-hydrogen) atoms. The van der Waals surface area contributed by atoms with E-state index in [1.165, 1.54) is 16.0 Å². The molecule has 0 saturated carbocycles. The zero-order valence-corrected chi connectivity index (χ0v) is 10.8.